The Labute approximate surface area is 173 Å². The number of aromatic nitrogens is 2. The topological polar surface area (TPSA) is 64.5 Å². The van der Waals surface area contributed by atoms with Crippen LogP contribution in [0, 0.1) is 0 Å². The van der Waals surface area contributed by atoms with Gasteiger partial charge in [-0.1, -0.05) is 0 Å². The van der Waals surface area contributed by atoms with E-state index in [0.29, 0.717) is 4.71 Å². The number of hydrogen-bond donors (Lipinski definition) is 0. The summed E-state index contributed by atoms with van der Waals surface area (Å²) in [5, 5.41) is 0. The quantitative estimate of drug-likeness (QED) is 0.677. The van der Waals surface area contributed by atoms with Crippen LogP contribution in [0.3, 0.4) is 0 Å². The van der Waals surface area contributed by atoms with E-state index < -0.39 is 21.4 Å². The fourth-order valence-electron chi connectivity index (χ4n) is 3.18. The summed E-state index contributed by atoms with van der Waals surface area (Å²) < 4.78 is 12.7. The summed E-state index contributed by atoms with van der Waals surface area (Å²) in [5.74, 6) is 0.817. The number of hydrogen-bond acceptors (Lipinski definition) is 5. The number of nitrogens with zero attached hydrogens (tertiary/aromatic N) is 3. The molecule has 28 heavy (non-hydrogen) atoms. The Morgan fingerprint density at radius 2 is 1.89 bits per heavy atom. The van der Waals surface area contributed by atoms with Crippen LogP contribution in [0.25, 0.3) is 11.3 Å². The summed E-state index contributed by atoms with van der Waals surface area (Å²) in [5.41, 5.74) is 1.44. The van der Waals surface area contributed by atoms with E-state index in [9.17, 15) is 4.79 Å². The van der Waals surface area contributed by atoms with Crippen molar-refractivity contribution >= 4 is 26.3 Å². The third-order valence-corrected chi connectivity index (χ3v) is 7.81. The van der Waals surface area contributed by atoms with Crippen LogP contribution in [-0.4, -0.2) is 62.5 Å². The molecule has 1 unspecified atom stereocenters. The molecule has 0 bridgehead atoms. The van der Waals surface area contributed by atoms with Gasteiger partial charge in [0.25, 0.3) is 0 Å². The average Bonchev–Trinajstić information content (AvgIpc) is 2.67. The Hall–Kier alpha value is -2.07. The molecule has 2 aromatic rings. The van der Waals surface area contributed by atoms with Gasteiger partial charge in [0.2, 0.25) is 0 Å². The summed E-state index contributed by atoms with van der Waals surface area (Å²) >= 11 is -0.410. The van der Waals surface area contributed by atoms with Gasteiger partial charge in [-0.15, -0.1) is 0 Å². The Kier molecular flexibility index (Phi) is 6.61. The van der Waals surface area contributed by atoms with Crippen molar-refractivity contribution in [1.82, 2.24) is 14.9 Å². The first-order chi connectivity index (χ1) is 13.4. The number of para-hydroxylation sites is 1. The van der Waals surface area contributed by atoms with E-state index in [2.05, 4.69) is 16.0 Å². The zero-order valence-electron chi connectivity index (χ0n) is 16.9. The van der Waals surface area contributed by atoms with E-state index in [1.54, 1.807) is 13.4 Å². The molecular weight excluding hydrogens is 417 g/mol. The Balaban J connectivity index is 1.61. The van der Waals surface area contributed by atoms with Crippen molar-refractivity contribution in [3.63, 3.8) is 0 Å². The minimum atomic E-state index is -0.447. The zero-order valence-corrected chi connectivity index (χ0v) is 19.0. The van der Waals surface area contributed by atoms with Gasteiger partial charge in [-0.05, 0) is 0 Å². The van der Waals surface area contributed by atoms with Crippen molar-refractivity contribution in [2.75, 3.05) is 20.2 Å². The molecule has 1 atom stereocenters. The fraction of sp³-hybridized carbons (Fsp3) is 0.476. The summed E-state index contributed by atoms with van der Waals surface area (Å²) in [6.45, 7) is 7.22. The molecular formula is C21H28AsN3O3. The van der Waals surface area contributed by atoms with Crippen LogP contribution in [0.4, 0.5) is 4.79 Å². The van der Waals surface area contributed by atoms with Gasteiger partial charge in [-0.3, -0.25) is 0 Å². The molecule has 0 saturated carbocycles. The molecule has 1 saturated heterocycles. The molecule has 1 aromatic heterocycles. The van der Waals surface area contributed by atoms with Crippen LogP contribution in [0.5, 0.6) is 5.75 Å². The second kappa shape index (κ2) is 8.95. The molecule has 0 spiro atoms. The Morgan fingerprint density at radius 1 is 1.18 bits per heavy atom. The molecule has 1 aromatic carbocycles. The number of carbonyl (C=O) groups is 1. The third kappa shape index (κ3) is 5.48. The molecule has 6 nitrogen and oxygen atoms in total. The van der Waals surface area contributed by atoms with Gasteiger partial charge in [0.15, 0.2) is 0 Å². The van der Waals surface area contributed by atoms with Crippen LogP contribution in [0.2, 0.25) is 4.71 Å². The number of carbonyl (C=O) groups excluding carboxylic acids is 1. The fourth-order valence-corrected chi connectivity index (χ4v) is 5.95. The van der Waals surface area contributed by atoms with Crippen molar-refractivity contribution in [1.29, 1.82) is 0 Å². The molecule has 1 aliphatic heterocycles. The van der Waals surface area contributed by atoms with Gasteiger partial charge in [0.1, 0.15) is 0 Å². The van der Waals surface area contributed by atoms with Crippen molar-refractivity contribution in [2.45, 2.75) is 43.9 Å². The van der Waals surface area contributed by atoms with Gasteiger partial charge in [-0.2, -0.15) is 0 Å². The summed E-state index contributed by atoms with van der Waals surface area (Å²) in [6, 6.07) is 10.0. The van der Waals surface area contributed by atoms with Gasteiger partial charge in [-0.25, -0.2) is 0 Å². The van der Waals surface area contributed by atoms with Gasteiger partial charge >= 0.3 is 173 Å². The summed E-state index contributed by atoms with van der Waals surface area (Å²) in [4.78, 5) is 23.0. The number of benzene rings is 1. The first kappa shape index (κ1) is 20.7. The summed E-state index contributed by atoms with van der Waals surface area (Å²) in [6.07, 6.45) is 3.46. The van der Waals surface area contributed by atoms with Crippen LogP contribution in [0.1, 0.15) is 33.6 Å². The zero-order chi connectivity index (χ0) is 20.1. The normalized spacial score (nSPS) is 15.8. The molecule has 0 aliphatic carbocycles. The van der Waals surface area contributed by atoms with Crippen LogP contribution >= 0.6 is 0 Å². The molecule has 2 heterocycles. The second-order valence-corrected chi connectivity index (χ2v) is 11.3. The molecule has 3 rings (SSSR count). The SMILES string of the molecule is COc1ccccc1-c1cc([AsH]C2CCN(C(=O)OC(C)(C)C)CC2)ncn1. The van der Waals surface area contributed by atoms with Gasteiger partial charge < -0.3 is 0 Å². The van der Waals surface area contributed by atoms with E-state index in [0.717, 1.165) is 47.4 Å². The minimum absolute atomic E-state index is 0.202. The van der Waals surface area contributed by atoms with Crippen molar-refractivity contribution in [3.05, 3.63) is 36.7 Å². The van der Waals surface area contributed by atoms with Gasteiger partial charge in [0.05, 0.1) is 0 Å². The number of ether oxygens (including phenoxy) is 2. The van der Waals surface area contributed by atoms with Crippen molar-refractivity contribution in [2.24, 2.45) is 0 Å². The molecule has 150 valence electrons. The standard InChI is InChI=1S/C21H28AsN3O3/c1-21(2,3)28-20(26)25-11-9-15(10-12-25)22-19-13-17(23-14-24-19)16-7-5-6-8-18(16)27-4/h5-8,13-15,22H,9-12H2,1-4H3. The Bertz CT molecular complexity index is 815. The number of likely N-dealkylation sites (tertiary alicyclic amines) is 1. The van der Waals surface area contributed by atoms with E-state index in [-0.39, 0.29) is 6.09 Å². The number of rotatable bonds is 4. The predicted octanol–water partition coefficient (Wildman–Crippen LogP) is 3.03. The number of methoxy groups -OCH3 is 1. The van der Waals surface area contributed by atoms with Crippen molar-refractivity contribution < 1.29 is 14.3 Å². The maximum atomic E-state index is 12.2. The third-order valence-electron chi connectivity index (χ3n) is 4.55. The monoisotopic (exact) mass is 445 g/mol. The molecule has 0 radical (unpaired) electrons. The summed E-state index contributed by atoms with van der Waals surface area (Å²) in [7, 11) is 1.67. The molecule has 7 heteroatoms. The predicted molar refractivity (Wildman–Crippen MR) is 112 cm³/mol. The van der Waals surface area contributed by atoms with E-state index >= 15 is 0 Å². The first-order valence-electron chi connectivity index (χ1n) is 9.55. The average molecular weight is 445 g/mol. The molecule has 1 aliphatic rings. The molecule has 0 N–H and O–H groups in total. The van der Waals surface area contributed by atoms with Gasteiger partial charge in [0, 0.05) is 0 Å². The van der Waals surface area contributed by atoms with Crippen LogP contribution in [0.15, 0.2) is 36.7 Å². The Morgan fingerprint density at radius 3 is 2.57 bits per heavy atom. The number of amides is 1. The second-order valence-electron chi connectivity index (χ2n) is 7.87. The molecule has 1 fully saturated rings. The van der Waals surface area contributed by atoms with E-state index in [4.69, 9.17) is 9.47 Å². The van der Waals surface area contributed by atoms with E-state index in [1.165, 1.54) is 0 Å². The first-order valence-corrected chi connectivity index (χ1v) is 11.8. The maximum absolute atomic E-state index is 12.2. The van der Waals surface area contributed by atoms with Crippen LogP contribution in [-0.2, 0) is 4.74 Å². The van der Waals surface area contributed by atoms with E-state index in [1.807, 2.05) is 49.9 Å². The molecule has 1 amide bonds. The number of piperidine rings is 1. The van der Waals surface area contributed by atoms with Crippen LogP contribution < -0.4 is 9.22 Å². The van der Waals surface area contributed by atoms with Crippen molar-refractivity contribution in [3.8, 4) is 17.0 Å².